The molecule has 5 heteroatoms. The molecule has 0 saturated heterocycles. The topological polar surface area (TPSA) is 48.0 Å². The van der Waals surface area contributed by atoms with E-state index in [1.807, 2.05) is 72.8 Å². The first-order valence-electron chi connectivity index (χ1n) is 8.94. The average molecular weight is 377 g/mol. The van der Waals surface area contributed by atoms with E-state index in [-0.39, 0.29) is 5.91 Å². The van der Waals surface area contributed by atoms with Crippen LogP contribution in [0.4, 0.5) is 5.69 Å². The summed E-state index contributed by atoms with van der Waals surface area (Å²) in [6, 6.07) is 22.6. The SMILES string of the molecule is COc1cccc(CN(C(C)=O)c2ccccc2Oc2ccccc2)c1OC. The van der Waals surface area contributed by atoms with Gasteiger partial charge in [0.2, 0.25) is 5.91 Å². The lowest BCUT2D eigenvalue weighted by atomic mass is 10.1. The van der Waals surface area contributed by atoms with Crippen molar-refractivity contribution < 1.29 is 19.0 Å². The normalized spacial score (nSPS) is 10.2. The zero-order valence-corrected chi connectivity index (χ0v) is 16.2. The lowest BCUT2D eigenvalue weighted by molar-refractivity contribution is -0.116. The van der Waals surface area contributed by atoms with Crippen LogP contribution in [0.3, 0.4) is 0 Å². The van der Waals surface area contributed by atoms with E-state index in [4.69, 9.17) is 14.2 Å². The largest absolute Gasteiger partial charge is 0.493 e. The van der Waals surface area contributed by atoms with Crippen molar-refractivity contribution in [3.05, 3.63) is 78.4 Å². The second-order valence-electron chi connectivity index (χ2n) is 6.14. The van der Waals surface area contributed by atoms with Crippen molar-refractivity contribution in [2.24, 2.45) is 0 Å². The summed E-state index contributed by atoms with van der Waals surface area (Å²) in [6.45, 7) is 1.86. The van der Waals surface area contributed by atoms with Crippen LogP contribution in [0.5, 0.6) is 23.0 Å². The number of hydrogen-bond donors (Lipinski definition) is 0. The Morgan fingerprint density at radius 1 is 0.821 bits per heavy atom. The molecule has 0 atom stereocenters. The molecule has 0 saturated carbocycles. The van der Waals surface area contributed by atoms with E-state index in [1.165, 1.54) is 6.92 Å². The van der Waals surface area contributed by atoms with Gasteiger partial charge in [-0.3, -0.25) is 4.79 Å². The summed E-state index contributed by atoms with van der Waals surface area (Å²) in [5, 5.41) is 0. The molecule has 0 radical (unpaired) electrons. The van der Waals surface area contributed by atoms with E-state index in [0.29, 0.717) is 35.2 Å². The summed E-state index contributed by atoms with van der Waals surface area (Å²) in [5.41, 5.74) is 1.52. The third-order valence-corrected chi connectivity index (χ3v) is 4.32. The second kappa shape index (κ2) is 8.95. The molecular weight excluding hydrogens is 354 g/mol. The Kier molecular flexibility index (Phi) is 6.17. The number of rotatable bonds is 7. The van der Waals surface area contributed by atoms with Gasteiger partial charge in [0.1, 0.15) is 5.75 Å². The molecule has 3 aromatic rings. The van der Waals surface area contributed by atoms with Crippen LogP contribution in [0, 0.1) is 0 Å². The van der Waals surface area contributed by atoms with Crippen molar-refractivity contribution in [1.29, 1.82) is 0 Å². The predicted octanol–water partition coefficient (Wildman–Crippen LogP) is 5.05. The molecule has 0 aliphatic rings. The summed E-state index contributed by atoms with van der Waals surface area (Å²) < 4.78 is 16.9. The van der Waals surface area contributed by atoms with E-state index in [9.17, 15) is 4.79 Å². The molecule has 1 amide bonds. The first kappa shape index (κ1) is 19.3. The Labute approximate surface area is 165 Å². The summed E-state index contributed by atoms with van der Waals surface area (Å²) in [4.78, 5) is 14.2. The van der Waals surface area contributed by atoms with Crippen LogP contribution in [-0.4, -0.2) is 20.1 Å². The monoisotopic (exact) mass is 377 g/mol. The number of carbonyl (C=O) groups is 1. The van der Waals surface area contributed by atoms with Crippen molar-refractivity contribution in [2.45, 2.75) is 13.5 Å². The molecule has 28 heavy (non-hydrogen) atoms. The molecule has 3 rings (SSSR count). The van der Waals surface area contributed by atoms with Crippen LogP contribution in [0.2, 0.25) is 0 Å². The smallest absolute Gasteiger partial charge is 0.224 e. The molecule has 3 aromatic carbocycles. The van der Waals surface area contributed by atoms with Gasteiger partial charge in [0.15, 0.2) is 17.2 Å². The van der Waals surface area contributed by atoms with Crippen LogP contribution in [0.15, 0.2) is 72.8 Å². The molecule has 0 aromatic heterocycles. The van der Waals surface area contributed by atoms with Crippen LogP contribution >= 0.6 is 0 Å². The zero-order chi connectivity index (χ0) is 19.9. The molecule has 0 unspecified atom stereocenters. The highest BCUT2D eigenvalue weighted by molar-refractivity contribution is 5.93. The van der Waals surface area contributed by atoms with Gasteiger partial charge in [-0.1, -0.05) is 42.5 Å². The molecule has 0 bridgehead atoms. The van der Waals surface area contributed by atoms with Crippen LogP contribution in [-0.2, 0) is 11.3 Å². The van der Waals surface area contributed by atoms with Crippen molar-refractivity contribution in [3.8, 4) is 23.0 Å². The number of amides is 1. The van der Waals surface area contributed by atoms with Crippen molar-refractivity contribution in [2.75, 3.05) is 19.1 Å². The fourth-order valence-corrected chi connectivity index (χ4v) is 3.00. The molecule has 0 spiro atoms. The average Bonchev–Trinajstić information content (AvgIpc) is 2.72. The summed E-state index contributed by atoms with van der Waals surface area (Å²) in [5.74, 6) is 2.44. The van der Waals surface area contributed by atoms with Crippen molar-refractivity contribution in [1.82, 2.24) is 0 Å². The van der Waals surface area contributed by atoms with Gasteiger partial charge < -0.3 is 19.1 Å². The van der Waals surface area contributed by atoms with Crippen LogP contribution in [0.25, 0.3) is 0 Å². The number of benzene rings is 3. The molecular formula is C23H23NO4. The number of anilines is 1. The minimum absolute atomic E-state index is 0.103. The van der Waals surface area contributed by atoms with Gasteiger partial charge in [0.05, 0.1) is 26.5 Å². The lowest BCUT2D eigenvalue weighted by Crippen LogP contribution is -2.28. The van der Waals surface area contributed by atoms with E-state index < -0.39 is 0 Å². The number of hydrogen-bond acceptors (Lipinski definition) is 4. The van der Waals surface area contributed by atoms with Crippen molar-refractivity contribution in [3.63, 3.8) is 0 Å². The van der Waals surface area contributed by atoms with Gasteiger partial charge >= 0.3 is 0 Å². The highest BCUT2D eigenvalue weighted by Gasteiger charge is 2.20. The van der Waals surface area contributed by atoms with Gasteiger partial charge in [-0.15, -0.1) is 0 Å². The van der Waals surface area contributed by atoms with E-state index >= 15 is 0 Å². The third kappa shape index (κ3) is 4.26. The van der Waals surface area contributed by atoms with Crippen molar-refractivity contribution >= 4 is 11.6 Å². The quantitative estimate of drug-likeness (QED) is 0.578. The standard InChI is InChI=1S/C23H23NO4/c1-17(25)24(16-18-10-9-15-22(26-2)23(18)27-3)20-13-7-8-14-21(20)28-19-11-5-4-6-12-19/h4-15H,16H2,1-3H3. The maximum atomic E-state index is 12.5. The maximum absolute atomic E-state index is 12.5. The Hall–Kier alpha value is -3.47. The Morgan fingerprint density at radius 2 is 1.50 bits per heavy atom. The fourth-order valence-electron chi connectivity index (χ4n) is 3.00. The van der Waals surface area contributed by atoms with Gasteiger partial charge in [-0.05, 0) is 30.3 Å². The Morgan fingerprint density at radius 3 is 2.18 bits per heavy atom. The maximum Gasteiger partial charge on any atom is 0.224 e. The van der Waals surface area contributed by atoms with E-state index in [2.05, 4.69) is 0 Å². The minimum atomic E-state index is -0.103. The van der Waals surface area contributed by atoms with E-state index in [1.54, 1.807) is 19.1 Å². The molecule has 144 valence electrons. The van der Waals surface area contributed by atoms with Crippen LogP contribution < -0.4 is 19.1 Å². The highest BCUT2D eigenvalue weighted by atomic mass is 16.5. The summed E-state index contributed by atoms with van der Waals surface area (Å²) in [6.07, 6.45) is 0. The Balaban J connectivity index is 1.97. The minimum Gasteiger partial charge on any atom is -0.493 e. The van der Waals surface area contributed by atoms with Gasteiger partial charge in [-0.25, -0.2) is 0 Å². The highest BCUT2D eigenvalue weighted by Crippen LogP contribution is 2.36. The number of ether oxygens (including phenoxy) is 3. The molecule has 0 heterocycles. The number of para-hydroxylation sites is 4. The molecule has 0 fully saturated rings. The molecule has 5 nitrogen and oxygen atoms in total. The Bertz CT molecular complexity index is 940. The summed E-state index contributed by atoms with van der Waals surface area (Å²) in [7, 11) is 3.18. The number of nitrogens with zero attached hydrogens (tertiary/aromatic N) is 1. The second-order valence-corrected chi connectivity index (χ2v) is 6.14. The third-order valence-electron chi connectivity index (χ3n) is 4.32. The zero-order valence-electron chi connectivity index (χ0n) is 16.2. The van der Waals surface area contributed by atoms with Gasteiger partial charge in [0.25, 0.3) is 0 Å². The number of carbonyl (C=O) groups excluding carboxylic acids is 1. The molecule has 0 aliphatic heterocycles. The lowest BCUT2D eigenvalue weighted by Gasteiger charge is -2.25. The van der Waals surface area contributed by atoms with Gasteiger partial charge in [-0.2, -0.15) is 0 Å². The predicted molar refractivity (Wildman–Crippen MR) is 109 cm³/mol. The first-order valence-corrected chi connectivity index (χ1v) is 8.94. The number of methoxy groups -OCH3 is 2. The van der Waals surface area contributed by atoms with Crippen LogP contribution in [0.1, 0.15) is 12.5 Å². The molecule has 0 aliphatic carbocycles. The van der Waals surface area contributed by atoms with Gasteiger partial charge in [0, 0.05) is 12.5 Å². The fraction of sp³-hybridized carbons (Fsp3) is 0.174. The first-order chi connectivity index (χ1) is 13.6. The van der Waals surface area contributed by atoms with E-state index in [0.717, 1.165) is 5.56 Å². The summed E-state index contributed by atoms with van der Waals surface area (Å²) >= 11 is 0. The molecule has 0 N–H and O–H groups in total.